The second-order valence-corrected chi connectivity index (χ2v) is 11.4. The number of benzene rings is 1. The Labute approximate surface area is 233 Å². The summed E-state index contributed by atoms with van der Waals surface area (Å²) in [6.45, 7) is 8.81. The molecule has 40 heavy (non-hydrogen) atoms. The molecule has 9 nitrogen and oxygen atoms in total. The number of nitrogens with one attached hydrogen (secondary N) is 1. The number of hydrogen-bond acceptors (Lipinski definition) is 8. The molecule has 4 bridgehead atoms. The molecule has 3 aliphatic rings. The van der Waals surface area contributed by atoms with Gasteiger partial charge in [0.1, 0.15) is 23.6 Å². The van der Waals surface area contributed by atoms with Crippen molar-refractivity contribution in [2.24, 2.45) is 17.8 Å². The molecule has 0 spiro atoms. The summed E-state index contributed by atoms with van der Waals surface area (Å²) < 4.78 is 5.70. The van der Waals surface area contributed by atoms with Crippen molar-refractivity contribution in [3.63, 3.8) is 0 Å². The highest BCUT2D eigenvalue weighted by Crippen LogP contribution is 2.49. The first-order valence-electron chi connectivity index (χ1n) is 13.7. The fourth-order valence-corrected chi connectivity index (χ4v) is 5.70. The summed E-state index contributed by atoms with van der Waals surface area (Å²) in [6.07, 6.45) is 5.16. The number of ether oxygens (including phenoxy) is 1. The molecule has 4 N–H and O–H groups in total. The van der Waals surface area contributed by atoms with Gasteiger partial charge in [0, 0.05) is 29.2 Å². The number of allylic oxidation sites excluding steroid dienone is 2. The van der Waals surface area contributed by atoms with Crippen LogP contribution in [0.25, 0.3) is 0 Å². The SMILES string of the molecule is CC[C@H]1/C=C/[C@H](O)[C@H](CC(C)C)OC(=O)/C(C)=C\[C@H]2C(=O)NC3=CC(=O)c4c(cc(C)c(O)c4C(=O)CC1)[C@@]32O. The van der Waals surface area contributed by atoms with Crippen LogP contribution in [0.15, 0.2) is 41.6 Å². The Balaban J connectivity index is 1.93. The predicted molar refractivity (Wildman–Crippen MR) is 146 cm³/mol. The summed E-state index contributed by atoms with van der Waals surface area (Å²) in [5.41, 5.74) is -2.21. The van der Waals surface area contributed by atoms with Gasteiger partial charge in [0.2, 0.25) is 5.91 Å². The van der Waals surface area contributed by atoms with E-state index in [9.17, 15) is 34.5 Å². The van der Waals surface area contributed by atoms with Crippen LogP contribution >= 0.6 is 0 Å². The van der Waals surface area contributed by atoms with Crippen molar-refractivity contribution in [2.75, 3.05) is 0 Å². The third-order valence-electron chi connectivity index (χ3n) is 8.03. The number of phenols is 1. The number of phenolic OH excluding ortho intramolecular Hbond substituents is 1. The molecule has 1 amide bonds. The van der Waals surface area contributed by atoms with E-state index in [0.29, 0.717) is 19.3 Å². The molecular formula is C31H37NO8. The van der Waals surface area contributed by atoms with Crippen molar-refractivity contribution in [1.29, 1.82) is 0 Å². The number of aliphatic hydroxyl groups is 2. The molecule has 9 heteroatoms. The van der Waals surface area contributed by atoms with Crippen LogP contribution in [-0.4, -0.2) is 51.0 Å². The van der Waals surface area contributed by atoms with E-state index in [-0.39, 0.29) is 57.5 Å². The van der Waals surface area contributed by atoms with Gasteiger partial charge in [-0.1, -0.05) is 39.0 Å². The first-order chi connectivity index (χ1) is 18.8. The standard InChI is InChI=1S/C31H37NO8/c1-6-18-7-9-21(33)24(11-15(2)3)40-30(38)17(5)13-20-29(37)32-25-14-23(35)26-19(31(20,25)39)12-16(4)28(36)27(26)22(34)10-8-18/h7,9,12-15,18,20-21,24,33,36,39H,6,8,10-11H2,1-5H3,(H,32,37)/b9-7+,17-13-/t18-,20-,21-,24-,31-/m0/s1. The number of aromatic hydroxyl groups is 1. The molecular weight excluding hydrogens is 514 g/mol. The van der Waals surface area contributed by atoms with Crippen LogP contribution in [0, 0.1) is 24.7 Å². The number of cyclic esters (lactones) is 1. The van der Waals surface area contributed by atoms with Crippen molar-refractivity contribution in [1.82, 2.24) is 5.32 Å². The van der Waals surface area contributed by atoms with Gasteiger partial charge in [0.15, 0.2) is 11.6 Å². The minimum absolute atomic E-state index is 0.00525. The van der Waals surface area contributed by atoms with E-state index in [1.807, 2.05) is 20.8 Å². The van der Waals surface area contributed by atoms with E-state index in [2.05, 4.69) is 5.32 Å². The fraction of sp³-hybridized carbons (Fsp3) is 0.484. The lowest BCUT2D eigenvalue weighted by Gasteiger charge is -2.34. The van der Waals surface area contributed by atoms with E-state index in [0.717, 1.165) is 6.08 Å². The summed E-state index contributed by atoms with van der Waals surface area (Å²) in [7, 11) is 0. The first kappa shape index (κ1) is 29.4. The lowest BCUT2D eigenvalue weighted by Crippen LogP contribution is -2.39. The van der Waals surface area contributed by atoms with Crippen LogP contribution in [-0.2, 0) is 19.9 Å². The van der Waals surface area contributed by atoms with Gasteiger partial charge in [-0.05, 0) is 56.6 Å². The van der Waals surface area contributed by atoms with Gasteiger partial charge in [0.05, 0.1) is 17.2 Å². The molecule has 0 radical (unpaired) electrons. The number of carbonyl (C=O) groups excluding carboxylic acids is 4. The maximum atomic E-state index is 13.5. The zero-order valence-corrected chi connectivity index (χ0v) is 23.5. The molecule has 1 aromatic rings. The number of Topliss-reactive ketones (excluding diaryl/α,β-unsaturated/α-hetero) is 1. The Hall–Kier alpha value is -3.56. The quantitative estimate of drug-likeness (QED) is 0.329. The van der Waals surface area contributed by atoms with Crippen LogP contribution in [0.4, 0.5) is 0 Å². The molecule has 0 saturated carbocycles. The number of hydrogen-bond donors (Lipinski definition) is 4. The summed E-state index contributed by atoms with van der Waals surface area (Å²) in [5.74, 6) is -4.19. The maximum Gasteiger partial charge on any atom is 0.333 e. The Morgan fingerprint density at radius 3 is 2.48 bits per heavy atom. The van der Waals surface area contributed by atoms with Crippen LogP contribution in [0.1, 0.15) is 85.2 Å². The molecule has 214 valence electrons. The lowest BCUT2D eigenvalue weighted by molar-refractivity contribution is -0.149. The van der Waals surface area contributed by atoms with E-state index in [1.54, 1.807) is 19.1 Å². The van der Waals surface area contributed by atoms with Gasteiger partial charge >= 0.3 is 5.97 Å². The van der Waals surface area contributed by atoms with Gasteiger partial charge in [-0.15, -0.1) is 0 Å². The number of aryl methyl sites for hydroxylation is 1. The third kappa shape index (κ3) is 5.15. The van der Waals surface area contributed by atoms with Crippen LogP contribution in [0.3, 0.4) is 0 Å². The number of rotatable bonds is 3. The Bertz CT molecular complexity index is 1350. The van der Waals surface area contributed by atoms with Crippen LogP contribution < -0.4 is 5.32 Å². The van der Waals surface area contributed by atoms with E-state index in [4.69, 9.17) is 4.74 Å². The highest BCUT2D eigenvalue weighted by atomic mass is 16.6. The number of esters is 1. The number of aliphatic hydroxyl groups excluding tert-OH is 1. The van der Waals surface area contributed by atoms with Crippen molar-refractivity contribution in [3.05, 3.63) is 63.9 Å². The second kappa shape index (κ2) is 11.1. The molecule has 1 aromatic carbocycles. The van der Waals surface area contributed by atoms with Gasteiger partial charge in [0.25, 0.3) is 0 Å². The Morgan fingerprint density at radius 2 is 1.82 bits per heavy atom. The Kier molecular flexibility index (Phi) is 8.19. The zero-order chi connectivity index (χ0) is 29.5. The Morgan fingerprint density at radius 1 is 1.12 bits per heavy atom. The van der Waals surface area contributed by atoms with Gasteiger partial charge in [-0.3, -0.25) is 14.4 Å². The fourth-order valence-electron chi connectivity index (χ4n) is 5.70. The monoisotopic (exact) mass is 551 g/mol. The smallest absolute Gasteiger partial charge is 0.333 e. The summed E-state index contributed by atoms with van der Waals surface area (Å²) in [6, 6.07) is 1.40. The van der Waals surface area contributed by atoms with Gasteiger partial charge < -0.3 is 25.4 Å². The minimum atomic E-state index is -2.09. The molecule has 5 atom stereocenters. The van der Waals surface area contributed by atoms with Crippen molar-refractivity contribution in [2.45, 2.75) is 78.1 Å². The lowest BCUT2D eigenvalue weighted by atomic mass is 9.72. The topological polar surface area (TPSA) is 150 Å². The number of carbonyl (C=O) groups is 4. The number of ketones is 2. The average molecular weight is 552 g/mol. The molecule has 1 aliphatic carbocycles. The normalized spacial score (nSPS) is 31.2. The summed E-state index contributed by atoms with van der Waals surface area (Å²) in [4.78, 5) is 53.1. The van der Waals surface area contributed by atoms with Crippen LogP contribution in [0.5, 0.6) is 5.75 Å². The molecule has 4 rings (SSSR count). The summed E-state index contributed by atoms with van der Waals surface area (Å²) in [5, 5.41) is 36.5. The largest absolute Gasteiger partial charge is 0.507 e. The molecule has 0 aromatic heterocycles. The average Bonchev–Trinajstić information content (AvgIpc) is 3.13. The highest BCUT2D eigenvalue weighted by molar-refractivity contribution is 6.17. The minimum Gasteiger partial charge on any atom is -0.507 e. The van der Waals surface area contributed by atoms with Crippen molar-refractivity contribution < 1.29 is 39.2 Å². The van der Waals surface area contributed by atoms with E-state index >= 15 is 0 Å². The molecule has 2 heterocycles. The summed E-state index contributed by atoms with van der Waals surface area (Å²) >= 11 is 0. The molecule has 1 saturated heterocycles. The van der Waals surface area contributed by atoms with Crippen LogP contribution in [0.2, 0.25) is 0 Å². The third-order valence-corrected chi connectivity index (χ3v) is 8.03. The van der Waals surface area contributed by atoms with Crippen molar-refractivity contribution >= 4 is 23.4 Å². The molecule has 0 unspecified atom stereocenters. The van der Waals surface area contributed by atoms with Gasteiger partial charge in [-0.25, -0.2) is 4.79 Å². The zero-order valence-electron chi connectivity index (χ0n) is 23.5. The van der Waals surface area contributed by atoms with E-state index < -0.39 is 47.2 Å². The second-order valence-electron chi connectivity index (χ2n) is 11.4. The first-order valence-corrected chi connectivity index (χ1v) is 13.7. The predicted octanol–water partition coefficient (Wildman–Crippen LogP) is 3.54. The van der Waals surface area contributed by atoms with Crippen molar-refractivity contribution in [3.8, 4) is 5.75 Å². The maximum absolute atomic E-state index is 13.5. The highest BCUT2D eigenvalue weighted by Gasteiger charge is 2.55. The van der Waals surface area contributed by atoms with E-state index in [1.165, 1.54) is 19.1 Å². The van der Waals surface area contributed by atoms with Gasteiger partial charge in [-0.2, -0.15) is 0 Å². The molecule has 1 fully saturated rings. The number of amides is 1. The molecule has 2 aliphatic heterocycles.